The van der Waals surface area contributed by atoms with Crippen molar-refractivity contribution in [3.8, 4) is 39.1 Å². The zero-order valence-electron chi connectivity index (χ0n) is 27.5. The van der Waals surface area contributed by atoms with Gasteiger partial charge in [0, 0.05) is 49.1 Å². The van der Waals surface area contributed by atoms with Gasteiger partial charge in [0.25, 0.3) is 0 Å². The lowest BCUT2D eigenvalue weighted by Gasteiger charge is -2.11. The van der Waals surface area contributed by atoms with Crippen LogP contribution in [0.5, 0.6) is 0 Å². The van der Waals surface area contributed by atoms with Gasteiger partial charge in [-0.25, -0.2) is 0 Å². The Morgan fingerprint density at radius 1 is 0.333 bits per heavy atom. The van der Waals surface area contributed by atoms with Crippen LogP contribution in [-0.2, 0) is 0 Å². The van der Waals surface area contributed by atoms with Gasteiger partial charge in [-0.05, 0) is 58.7 Å². The normalized spacial score (nSPS) is 11.9. The number of para-hydroxylation sites is 4. The number of rotatable bonds is 4. The van der Waals surface area contributed by atoms with Crippen LogP contribution < -0.4 is 0 Å². The summed E-state index contributed by atoms with van der Waals surface area (Å²) >= 11 is 0. The molecule has 238 valence electrons. The maximum absolute atomic E-state index is 6.64. The molecular formula is C48H29NO2. The van der Waals surface area contributed by atoms with Crippen molar-refractivity contribution in [3.63, 3.8) is 0 Å². The zero-order valence-corrected chi connectivity index (χ0v) is 27.5. The van der Waals surface area contributed by atoms with E-state index in [2.05, 4.69) is 168 Å². The molecule has 51 heavy (non-hydrogen) atoms. The second-order valence-electron chi connectivity index (χ2n) is 13.2. The summed E-state index contributed by atoms with van der Waals surface area (Å²) in [5.74, 6) is 0. The highest BCUT2D eigenvalue weighted by atomic mass is 16.3. The largest absolute Gasteiger partial charge is 0.455 e. The fourth-order valence-electron chi connectivity index (χ4n) is 8.21. The molecular weight excluding hydrogens is 623 g/mol. The maximum Gasteiger partial charge on any atom is 0.143 e. The average Bonchev–Trinajstić information content (AvgIpc) is 3.88. The highest BCUT2D eigenvalue weighted by molar-refractivity contribution is 6.24. The number of benzene rings is 8. The Morgan fingerprint density at radius 3 is 1.37 bits per heavy atom. The summed E-state index contributed by atoms with van der Waals surface area (Å²) in [5, 5.41) is 6.83. The molecule has 0 unspecified atom stereocenters. The van der Waals surface area contributed by atoms with Crippen molar-refractivity contribution in [1.82, 2.24) is 4.57 Å². The SMILES string of the molecule is c1ccc(-c2cccc(-n3c4cccc(-c5cccc6c5oc5ccccc56)c4c4c(-c5cccc6c5oc5ccccc56)cccc43)c2)cc1. The fourth-order valence-corrected chi connectivity index (χ4v) is 8.21. The predicted octanol–water partition coefficient (Wildman–Crippen LogP) is 13.6. The molecule has 0 spiro atoms. The molecule has 11 aromatic rings. The molecule has 0 saturated heterocycles. The van der Waals surface area contributed by atoms with Crippen molar-refractivity contribution in [2.45, 2.75) is 0 Å². The zero-order chi connectivity index (χ0) is 33.5. The molecule has 0 aliphatic heterocycles. The van der Waals surface area contributed by atoms with Crippen molar-refractivity contribution in [3.05, 3.63) is 176 Å². The van der Waals surface area contributed by atoms with E-state index >= 15 is 0 Å². The molecule has 8 aromatic carbocycles. The Kier molecular flexibility index (Phi) is 5.96. The van der Waals surface area contributed by atoms with Crippen LogP contribution >= 0.6 is 0 Å². The van der Waals surface area contributed by atoms with Crippen LogP contribution in [0.4, 0.5) is 0 Å². The number of furan rings is 2. The molecule has 3 aromatic heterocycles. The van der Waals surface area contributed by atoms with Crippen molar-refractivity contribution < 1.29 is 8.83 Å². The third kappa shape index (κ3) is 4.12. The lowest BCUT2D eigenvalue weighted by atomic mass is 9.93. The quantitative estimate of drug-likeness (QED) is 0.190. The Labute approximate surface area is 293 Å². The molecule has 3 nitrogen and oxygen atoms in total. The minimum absolute atomic E-state index is 0.893. The minimum Gasteiger partial charge on any atom is -0.455 e. The Morgan fingerprint density at radius 2 is 0.784 bits per heavy atom. The lowest BCUT2D eigenvalue weighted by Crippen LogP contribution is -1.94. The molecule has 0 amide bonds. The topological polar surface area (TPSA) is 31.2 Å². The van der Waals surface area contributed by atoms with Crippen molar-refractivity contribution in [2.24, 2.45) is 0 Å². The second kappa shape index (κ2) is 10.8. The summed E-state index contributed by atoms with van der Waals surface area (Å²) < 4.78 is 15.7. The molecule has 11 rings (SSSR count). The van der Waals surface area contributed by atoms with Gasteiger partial charge in [0.05, 0.1) is 11.0 Å². The van der Waals surface area contributed by atoms with Gasteiger partial charge in [-0.2, -0.15) is 0 Å². The van der Waals surface area contributed by atoms with Crippen LogP contribution in [0.15, 0.2) is 185 Å². The smallest absolute Gasteiger partial charge is 0.143 e. The fraction of sp³-hybridized carbons (Fsp3) is 0. The first-order valence-corrected chi connectivity index (χ1v) is 17.4. The van der Waals surface area contributed by atoms with Crippen molar-refractivity contribution in [2.75, 3.05) is 0 Å². The van der Waals surface area contributed by atoms with Gasteiger partial charge in [-0.15, -0.1) is 0 Å². The van der Waals surface area contributed by atoms with Gasteiger partial charge < -0.3 is 13.4 Å². The minimum atomic E-state index is 0.893. The van der Waals surface area contributed by atoms with E-state index in [-0.39, 0.29) is 0 Å². The molecule has 0 aliphatic carbocycles. The third-order valence-electron chi connectivity index (χ3n) is 10.4. The van der Waals surface area contributed by atoms with E-state index in [1.165, 1.54) is 21.9 Å². The second-order valence-corrected chi connectivity index (χ2v) is 13.2. The van der Waals surface area contributed by atoms with Crippen LogP contribution in [0.3, 0.4) is 0 Å². The predicted molar refractivity (Wildman–Crippen MR) is 212 cm³/mol. The Bertz CT molecular complexity index is 2970. The van der Waals surface area contributed by atoms with E-state index in [0.717, 1.165) is 82.9 Å². The molecule has 0 fully saturated rings. The van der Waals surface area contributed by atoms with Crippen LogP contribution in [-0.4, -0.2) is 4.57 Å². The maximum atomic E-state index is 6.64. The highest BCUT2D eigenvalue weighted by Crippen LogP contribution is 2.47. The summed E-state index contributed by atoms with van der Waals surface area (Å²) in [6, 6.07) is 62.4. The van der Waals surface area contributed by atoms with E-state index < -0.39 is 0 Å². The Balaban J connectivity index is 1.28. The lowest BCUT2D eigenvalue weighted by molar-refractivity contribution is 0.669. The van der Waals surface area contributed by atoms with Gasteiger partial charge in [-0.3, -0.25) is 0 Å². The molecule has 0 atom stereocenters. The Hall–Kier alpha value is -6.84. The van der Waals surface area contributed by atoms with Crippen molar-refractivity contribution >= 4 is 65.7 Å². The van der Waals surface area contributed by atoms with E-state index in [0.29, 0.717) is 0 Å². The van der Waals surface area contributed by atoms with E-state index in [4.69, 9.17) is 8.83 Å². The molecule has 3 heteroatoms. The number of hydrogen-bond donors (Lipinski definition) is 0. The molecule has 0 bridgehead atoms. The third-order valence-corrected chi connectivity index (χ3v) is 10.4. The van der Waals surface area contributed by atoms with Crippen molar-refractivity contribution in [1.29, 1.82) is 0 Å². The van der Waals surface area contributed by atoms with Gasteiger partial charge in [0.2, 0.25) is 0 Å². The average molecular weight is 652 g/mol. The first kappa shape index (κ1) is 28.0. The standard InChI is InChI=1S/C48H29NO2/c1-2-13-30(14-3-1)31-15-8-16-32(29-31)49-41-25-11-19-35(39-23-9-21-37-33-17-4-6-27-43(33)50-47(37)39)45(41)46-36(20-12-26-42(46)49)40-24-10-22-38-34-18-5-7-28-44(34)51-48(38)40/h1-29H. The van der Waals surface area contributed by atoms with E-state index in [9.17, 15) is 0 Å². The van der Waals surface area contributed by atoms with Gasteiger partial charge in [0.1, 0.15) is 22.3 Å². The summed E-state index contributed by atoms with van der Waals surface area (Å²) in [6.07, 6.45) is 0. The number of hydrogen-bond acceptors (Lipinski definition) is 2. The first-order chi connectivity index (χ1) is 25.3. The molecule has 0 saturated carbocycles. The van der Waals surface area contributed by atoms with Crippen LogP contribution in [0.1, 0.15) is 0 Å². The molecule has 0 aliphatic rings. The first-order valence-electron chi connectivity index (χ1n) is 17.4. The van der Waals surface area contributed by atoms with Crippen LogP contribution in [0, 0.1) is 0 Å². The van der Waals surface area contributed by atoms with Crippen LogP contribution in [0.25, 0.3) is 105 Å². The molecule has 0 N–H and O–H groups in total. The van der Waals surface area contributed by atoms with Crippen LogP contribution in [0.2, 0.25) is 0 Å². The molecule has 3 heterocycles. The molecule has 0 radical (unpaired) electrons. The summed E-state index contributed by atoms with van der Waals surface area (Å²) in [6.45, 7) is 0. The van der Waals surface area contributed by atoms with E-state index in [1.54, 1.807) is 0 Å². The summed E-state index contributed by atoms with van der Waals surface area (Å²) in [4.78, 5) is 0. The monoisotopic (exact) mass is 651 g/mol. The van der Waals surface area contributed by atoms with Gasteiger partial charge in [-0.1, -0.05) is 140 Å². The van der Waals surface area contributed by atoms with E-state index in [1.807, 2.05) is 12.1 Å². The highest BCUT2D eigenvalue weighted by Gasteiger charge is 2.23. The number of nitrogens with zero attached hydrogens (tertiary/aromatic N) is 1. The summed E-state index contributed by atoms with van der Waals surface area (Å²) in [5.41, 5.74) is 13.7. The van der Waals surface area contributed by atoms with Gasteiger partial charge >= 0.3 is 0 Å². The number of fused-ring (bicyclic) bond motifs is 9. The van der Waals surface area contributed by atoms with Gasteiger partial charge in [0.15, 0.2) is 0 Å². The number of aromatic nitrogens is 1. The summed E-state index contributed by atoms with van der Waals surface area (Å²) in [7, 11) is 0.